The standard InChI is InChI=1S/C16H15N5O/c1-12-11-15(21(20-12)14-5-3-2-4-6-14)19-16(22)18-13-7-9-17-10-8-13/h2-11H,1H3,(H2,17,18,19,22). The van der Waals surface area contributed by atoms with Gasteiger partial charge in [-0.3, -0.25) is 10.3 Å². The largest absolute Gasteiger partial charge is 0.324 e. The Kier molecular flexibility index (Phi) is 3.82. The average molecular weight is 293 g/mol. The Balaban J connectivity index is 1.79. The lowest BCUT2D eigenvalue weighted by molar-refractivity contribution is 0.262. The third kappa shape index (κ3) is 3.12. The number of nitrogens with one attached hydrogen (secondary N) is 2. The number of rotatable bonds is 3. The van der Waals surface area contributed by atoms with Crippen LogP contribution in [-0.4, -0.2) is 20.8 Å². The molecule has 3 rings (SSSR count). The van der Waals surface area contributed by atoms with E-state index in [1.807, 2.05) is 43.3 Å². The number of pyridine rings is 1. The van der Waals surface area contributed by atoms with E-state index in [-0.39, 0.29) is 6.03 Å². The van der Waals surface area contributed by atoms with Crippen LogP contribution < -0.4 is 10.6 Å². The molecule has 6 heteroatoms. The molecule has 3 aromatic rings. The molecule has 2 N–H and O–H groups in total. The van der Waals surface area contributed by atoms with E-state index in [2.05, 4.69) is 20.7 Å². The summed E-state index contributed by atoms with van der Waals surface area (Å²) in [5.74, 6) is 0.607. The maximum atomic E-state index is 12.1. The predicted molar refractivity (Wildman–Crippen MR) is 85.2 cm³/mol. The van der Waals surface area contributed by atoms with Crippen molar-refractivity contribution in [3.05, 3.63) is 66.6 Å². The molecular weight excluding hydrogens is 278 g/mol. The van der Waals surface area contributed by atoms with E-state index in [0.29, 0.717) is 11.5 Å². The van der Waals surface area contributed by atoms with Crippen LogP contribution in [0.25, 0.3) is 5.69 Å². The van der Waals surface area contributed by atoms with Gasteiger partial charge in [0.2, 0.25) is 0 Å². The molecule has 110 valence electrons. The summed E-state index contributed by atoms with van der Waals surface area (Å²) >= 11 is 0. The van der Waals surface area contributed by atoms with Gasteiger partial charge in [0.25, 0.3) is 0 Å². The monoisotopic (exact) mass is 293 g/mol. The highest BCUT2D eigenvalue weighted by Crippen LogP contribution is 2.17. The van der Waals surface area contributed by atoms with Crippen LogP contribution in [0, 0.1) is 6.92 Å². The molecule has 0 atom stereocenters. The Bertz CT molecular complexity index is 768. The van der Waals surface area contributed by atoms with Crippen molar-refractivity contribution in [3.63, 3.8) is 0 Å². The van der Waals surface area contributed by atoms with Crippen molar-refractivity contribution >= 4 is 17.5 Å². The Hall–Kier alpha value is -3.15. The zero-order valence-corrected chi connectivity index (χ0v) is 12.0. The summed E-state index contributed by atoms with van der Waals surface area (Å²) in [7, 11) is 0. The van der Waals surface area contributed by atoms with Gasteiger partial charge >= 0.3 is 6.03 Å². The molecule has 0 aliphatic heterocycles. The molecular formula is C16H15N5O. The average Bonchev–Trinajstić information content (AvgIpc) is 2.89. The van der Waals surface area contributed by atoms with Gasteiger partial charge in [0.15, 0.2) is 0 Å². The summed E-state index contributed by atoms with van der Waals surface area (Å²) in [6, 6.07) is 14.6. The van der Waals surface area contributed by atoms with Crippen LogP contribution in [-0.2, 0) is 0 Å². The summed E-state index contributed by atoms with van der Waals surface area (Å²) in [6.07, 6.45) is 3.24. The minimum Gasteiger partial charge on any atom is -0.308 e. The van der Waals surface area contributed by atoms with E-state index < -0.39 is 0 Å². The summed E-state index contributed by atoms with van der Waals surface area (Å²) in [5.41, 5.74) is 2.38. The molecule has 0 saturated heterocycles. The molecule has 0 aliphatic rings. The number of anilines is 2. The zero-order chi connectivity index (χ0) is 15.4. The lowest BCUT2D eigenvalue weighted by Crippen LogP contribution is -2.21. The number of urea groups is 1. The van der Waals surface area contributed by atoms with Gasteiger partial charge in [0, 0.05) is 24.1 Å². The van der Waals surface area contributed by atoms with E-state index in [0.717, 1.165) is 11.4 Å². The SMILES string of the molecule is Cc1cc(NC(=O)Nc2ccncc2)n(-c2ccccc2)n1. The fourth-order valence-corrected chi connectivity index (χ4v) is 2.07. The van der Waals surface area contributed by atoms with Crippen molar-refractivity contribution in [2.24, 2.45) is 0 Å². The molecule has 2 aromatic heterocycles. The maximum Gasteiger partial charge on any atom is 0.324 e. The first-order chi connectivity index (χ1) is 10.7. The second-order valence-electron chi connectivity index (χ2n) is 4.73. The second-order valence-corrected chi connectivity index (χ2v) is 4.73. The fraction of sp³-hybridized carbons (Fsp3) is 0.0625. The zero-order valence-electron chi connectivity index (χ0n) is 12.0. The number of hydrogen-bond acceptors (Lipinski definition) is 3. The molecule has 1 aromatic carbocycles. The van der Waals surface area contributed by atoms with Crippen LogP contribution in [0.1, 0.15) is 5.69 Å². The topological polar surface area (TPSA) is 71.8 Å². The van der Waals surface area contributed by atoms with E-state index in [9.17, 15) is 4.79 Å². The van der Waals surface area contributed by atoms with Gasteiger partial charge in [-0.25, -0.2) is 9.48 Å². The number of para-hydroxylation sites is 1. The molecule has 0 spiro atoms. The van der Waals surface area contributed by atoms with Crippen LogP contribution in [0.2, 0.25) is 0 Å². The van der Waals surface area contributed by atoms with Crippen LogP contribution in [0.15, 0.2) is 60.9 Å². The maximum absolute atomic E-state index is 12.1. The lowest BCUT2D eigenvalue weighted by Gasteiger charge is -2.09. The Morgan fingerprint density at radius 1 is 1.05 bits per heavy atom. The number of nitrogens with zero attached hydrogens (tertiary/aromatic N) is 3. The van der Waals surface area contributed by atoms with Gasteiger partial charge in [-0.15, -0.1) is 0 Å². The van der Waals surface area contributed by atoms with Gasteiger partial charge < -0.3 is 5.32 Å². The summed E-state index contributed by atoms with van der Waals surface area (Å²) in [5, 5.41) is 9.96. The molecule has 0 unspecified atom stereocenters. The highest BCUT2D eigenvalue weighted by atomic mass is 16.2. The minimum absolute atomic E-state index is 0.330. The highest BCUT2D eigenvalue weighted by Gasteiger charge is 2.10. The lowest BCUT2D eigenvalue weighted by atomic mass is 10.3. The van der Waals surface area contributed by atoms with Crippen molar-refractivity contribution in [3.8, 4) is 5.69 Å². The summed E-state index contributed by atoms with van der Waals surface area (Å²) in [4.78, 5) is 16.0. The van der Waals surface area contributed by atoms with E-state index in [1.54, 1.807) is 29.2 Å². The molecule has 0 bridgehead atoms. The van der Waals surface area contributed by atoms with Gasteiger partial charge in [0.1, 0.15) is 5.82 Å². The smallest absolute Gasteiger partial charge is 0.308 e. The first-order valence-corrected chi connectivity index (χ1v) is 6.82. The number of amides is 2. The second kappa shape index (κ2) is 6.09. The molecule has 0 aliphatic carbocycles. The van der Waals surface area contributed by atoms with Gasteiger partial charge in [-0.2, -0.15) is 5.10 Å². The van der Waals surface area contributed by atoms with Crippen molar-refractivity contribution in [1.82, 2.24) is 14.8 Å². The van der Waals surface area contributed by atoms with Gasteiger partial charge in [-0.1, -0.05) is 18.2 Å². The minimum atomic E-state index is -0.330. The quantitative estimate of drug-likeness (QED) is 0.778. The Morgan fingerprint density at radius 3 is 2.50 bits per heavy atom. The van der Waals surface area contributed by atoms with E-state index in [1.165, 1.54) is 0 Å². The first-order valence-electron chi connectivity index (χ1n) is 6.82. The Morgan fingerprint density at radius 2 is 1.77 bits per heavy atom. The van der Waals surface area contributed by atoms with Crippen molar-refractivity contribution < 1.29 is 4.79 Å². The number of hydrogen-bond donors (Lipinski definition) is 2. The first kappa shape index (κ1) is 13.8. The van der Waals surface area contributed by atoms with Crippen LogP contribution >= 0.6 is 0 Å². The number of carbonyl (C=O) groups excluding carboxylic acids is 1. The van der Waals surface area contributed by atoms with Gasteiger partial charge in [-0.05, 0) is 31.2 Å². The molecule has 0 fully saturated rings. The third-order valence-electron chi connectivity index (χ3n) is 3.01. The van der Waals surface area contributed by atoms with Gasteiger partial charge in [0.05, 0.1) is 11.4 Å². The molecule has 0 radical (unpaired) electrons. The normalized spacial score (nSPS) is 10.2. The molecule has 6 nitrogen and oxygen atoms in total. The summed E-state index contributed by atoms with van der Waals surface area (Å²) in [6.45, 7) is 1.88. The van der Waals surface area contributed by atoms with Crippen molar-refractivity contribution in [2.75, 3.05) is 10.6 Å². The van der Waals surface area contributed by atoms with Crippen molar-refractivity contribution in [1.29, 1.82) is 0 Å². The number of aromatic nitrogens is 3. The molecule has 2 heterocycles. The predicted octanol–water partition coefficient (Wildman–Crippen LogP) is 3.22. The highest BCUT2D eigenvalue weighted by molar-refractivity contribution is 5.99. The number of aryl methyl sites for hydroxylation is 1. The molecule has 0 saturated carbocycles. The molecule has 2 amide bonds. The fourth-order valence-electron chi connectivity index (χ4n) is 2.07. The molecule has 22 heavy (non-hydrogen) atoms. The number of benzene rings is 1. The Labute approximate surface area is 127 Å². The third-order valence-corrected chi connectivity index (χ3v) is 3.01. The summed E-state index contributed by atoms with van der Waals surface area (Å²) < 4.78 is 1.70. The van der Waals surface area contributed by atoms with Crippen LogP contribution in [0.4, 0.5) is 16.3 Å². The van der Waals surface area contributed by atoms with Crippen LogP contribution in [0.5, 0.6) is 0 Å². The van der Waals surface area contributed by atoms with Crippen LogP contribution in [0.3, 0.4) is 0 Å². The number of carbonyl (C=O) groups is 1. The van der Waals surface area contributed by atoms with Crippen molar-refractivity contribution in [2.45, 2.75) is 6.92 Å². The van der Waals surface area contributed by atoms with E-state index >= 15 is 0 Å². The van der Waals surface area contributed by atoms with E-state index in [4.69, 9.17) is 0 Å².